The van der Waals surface area contributed by atoms with Crippen molar-refractivity contribution in [2.45, 2.75) is 17.8 Å². The zero-order valence-electron chi connectivity index (χ0n) is 13.4. The summed E-state index contributed by atoms with van der Waals surface area (Å²) < 4.78 is 1.87. The van der Waals surface area contributed by atoms with Crippen LogP contribution in [0.15, 0.2) is 33.7 Å². The van der Waals surface area contributed by atoms with E-state index in [1.54, 1.807) is 6.92 Å². The van der Waals surface area contributed by atoms with E-state index < -0.39 is 10.9 Å². The first-order valence-electron chi connectivity index (χ1n) is 7.24. The van der Waals surface area contributed by atoms with Crippen molar-refractivity contribution in [3.63, 3.8) is 0 Å². The molecule has 0 unspecified atom stereocenters. The van der Waals surface area contributed by atoms with Crippen LogP contribution in [0.1, 0.15) is 6.92 Å². The molecule has 1 N–H and O–H groups in total. The molecule has 0 aliphatic heterocycles. The Morgan fingerprint density at radius 2 is 2.27 bits per heavy atom. The molecule has 0 saturated carbocycles. The number of hydrogen-bond acceptors (Lipinski definition) is 10. The maximum atomic E-state index is 11.9. The Labute approximate surface area is 154 Å². The number of carbonyl (C=O) groups excluding carboxylic acids is 1. The minimum absolute atomic E-state index is 0.0755. The number of aromatic nitrogens is 5. The first kappa shape index (κ1) is 17.9. The number of amides is 1. The summed E-state index contributed by atoms with van der Waals surface area (Å²) in [4.78, 5) is 27.1. The molecule has 0 fully saturated rings. The van der Waals surface area contributed by atoms with Gasteiger partial charge in [-0.25, -0.2) is 10.4 Å². The van der Waals surface area contributed by atoms with Crippen LogP contribution in [-0.2, 0) is 11.3 Å². The Balaban J connectivity index is 1.49. The maximum absolute atomic E-state index is 11.9. The SMILES string of the molecule is C/C(Cn1nnc([N+](=O)[O-])n1)=N\NC(=O)CSc1nc2ccccc2s1. The highest BCUT2D eigenvalue weighted by molar-refractivity contribution is 8.01. The molecule has 2 aromatic heterocycles. The first-order valence-corrected chi connectivity index (χ1v) is 9.04. The van der Waals surface area contributed by atoms with Gasteiger partial charge >= 0.3 is 5.95 Å². The van der Waals surface area contributed by atoms with Crippen LogP contribution in [0.2, 0.25) is 0 Å². The van der Waals surface area contributed by atoms with Crippen LogP contribution in [0.4, 0.5) is 5.95 Å². The molecule has 13 heteroatoms. The summed E-state index contributed by atoms with van der Waals surface area (Å²) in [5.74, 6) is -0.705. The zero-order valence-corrected chi connectivity index (χ0v) is 15.0. The van der Waals surface area contributed by atoms with Gasteiger partial charge in [0.05, 0.1) is 31.9 Å². The van der Waals surface area contributed by atoms with Gasteiger partial charge in [0.1, 0.15) is 6.54 Å². The van der Waals surface area contributed by atoms with E-state index in [0.717, 1.165) is 19.4 Å². The van der Waals surface area contributed by atoms with E-state index in [2.05, 4.69) is 30.9 Å². The second-order valence-corrected chi connectivity index (χ2v) is 7.25. The lowest BCUT2D eigenvalue weighted by Crippen LogP contribution is -2.22. The number of carbonyl (C=O) groups is 1. The van der Waals surface area contributed by atoms with Crippen molar-refractivity contribution in [1.29, 1.82) is 0 Å². The van der Waals surface area contributed by atoms with Gasteiger partial charge in [-0.05, 0) is 24.0 Å². The number of rotatable bonds is 7. The van der Waals surface area contributed by atoms with Gasteiger partial charge in [-0.2, -0.15) is 5.10 Å². The van der Waals surface area contributed by atoms with E-state index in [9.17, 15) is 14.9 Å². The largest absolute Gasteiger partial charge is 0.514 e. The van der Waals surface area contributed by atoms with E-state index in [4.69, 9.17) is 0 Å². The molecular formula is C13H12N8O3S2. The third kappa shape index (κ3) is 4.58. The van der Waals surface area contributed by atoms with Gasteiger partial charge in [-0.15, -0.1) is 11.3 Å². The molecule has 11 nitrogen and oxygen atoms in total. The molecule has 134 valence electrons. The molecule has 26 heavy (non-hydrogen) atoms. The summed E-state index contributed by atoms with van der Waals surface area (Å²) in [5.41, 5.74) is 3.79. The monoisotopic (exact) mass is 392 g/mol. The number of hydrazone groups is 1. The number of fused-ring (bicyclic) bond motifs is 1. The van der Waals surface area contributed by atoms with E-state index in [0.29, 0.717) is 5.71 Å². The summed E-state index contributed by atoms with van der Waals surface area (Å²) in [6.07, 6.45) is 0. The Kier molecular flexibility index (Phi) is 5.48. The predicted molar refractivity (Wildman–Crippen MR) is 96.1 cm³/mol. The number of hydrogen-bond donors (Lipinski definition) is 1. The normalized spacial score (nSPS) is 11.7. The molecule has 0 saturated heterocycles. The maximum Gasteiger partial charge on any atom is 0.514 e. The minimum atomic E-state index is -0.739. The van der Waals surface area contributed by atoms with Gasteiger partial charge in [-0.3, -0.25) is 4.79 Å². The van der Waals surface area contributed by atoms with Crippen molar-refractivity contribution in [3.05, 3.63) is 34.4 Å². The fourth-order valence-corrected chi connectivity index (χ4v) is 3.71. The molecule has 0 aliphatic rings. The number of thiazole rings is 1. The van der Waals surface area contributed by atoms with E-state index in [1.807, 2.05) is 24.3 Å². The summed E-state index contributed by atoms with van der Waals surface area (Å²) in [5, 5.41) is 24.8. The minimum Gasteiger partial charge on any atom is -0.390 e. The molecular weight excluding hydrogens is 380 g/mol. The average Bonchev–Trinajstić information content (AvgIpc) is 3.24. The quantitative estimate of drug-likeness (QED) is 0.276. The predicted octanol–water partition coefficient (Wildman–Crippen LogP) is 1.48. The molecule has 3 aromatic rings. The second-order valence-electron chi connectivity index (χ2n) is 5.00. The fraction of sp³-hybridized carbons (Fsp3) is 0.231. The van der Waals surface area contributed by atoms with Crippen molar-refractivity contribution >= 4 is 50.9 Å². The van der Waals surface area contributed by atoms with Crippen molar-refractivity contribution in [3.8, 4) is 0 Å². The summed E-state index contributed by atoms with van der Waals surface area (Å²) in [6.45, 7) is 1.71. The lowest BCUT2D eigenvalue weighted by atomic mass is 10.3. The van der Waals surface area contributed by atoms with Gasteiger partial charge in [0, 0.05) is 5.21 Å². The molecule has 0 bridgehead atoms. The van der Waals surface area contributed by atoms with Crippen LogP contribution in [0.3, 0.4) is 0 Å². The molecule has 1 aromatic carbocycles. The highest BCUT2D eigenvalue weighted by atomic mass is 32.2. The fourth-order valence-electron chi connectivity index (χ4n) is 1.85. The van der Waals surface area contributed by atoms with Crippen LogP contribution in [0.25, 0.3) is 10.2 Å². The van der Waals surface area contributed by atoms with E-state index in [-0.39, 0.29) is 18.2 Å². The third-order valence-electron chi connectivity index (χ3n) is 2.95. The smallest absolute Gasteiger partial charge is 0.390 e. The number of benzene rings is 1. The highest BCUT2D eigenvalue weighted by Gasteiger charge is 2.15. The molecule has 3 rings (SSSR count). The van der Waals surface area contributed by atoms with Gasteiger partial charge in [-0.1, -0.05) is 28.7 Å². The molecule has 1 amide bonds. The summed E-state index contributed by atoms with van der Waals surface area (Å²) >= 11 is 2.85. The third-order valence-corrected chi connectivity index (χ3v) is 5.13. The zero-order chi connectivity index (χ0) is 18.5. The topological polar surface area (TPSA) is 141 Å². The van der Waals surface area contributed by atoms with Gasteiger partial charge in [0.15, 0.2) is 4.34 Å². The first-order chi connectivity index (χ1) is 12.5. The lowest BCUT2D eigenvalue weighted by molar-refractivity contribution is -0.394. The van der Waals surface area contributed by atoms with Crippen molar-refractivity contribution in [2.75, 3.05) is 5.75 Å². The summed E-state index contributed by atoms with van der Waals surface area (Å²) in [6, 6.07) is 7.76. The van der Waals surface area contributed by atoms with Gasteiger partial charge in [0.2, 0.25) is 0 Å². The molecule has 0 atom stereocenters. The van der Waals surface area contributed by atoms with Crippen molar-refractivity contribution in [1.82, 2.24) is 30.6 Å². The average molecular weight is 392 g/mol. The molecule has 2 heterocycles. The van der Waals surface area contributed by atoms with Crippen LogP contribution < -0.4 is 5.43 Å². The van der Waals surface area contributed by atoms with Crippen molar-refractivity contribution < 1.29 is 9.72 Å². The van der Waals surface area contributed by atoms with Gasteiger partial charge < -0.3 is 10.1 Å². The Bertz CT molecular complexity index is 950. The Morgan fingerprint density at radius 1 is 1.46 bits per heavy atom. The highest BCUT2D eigenvalue weighted by Crippen LogP contribution is 2.28. The number of thioether (sulfide) groups is 1. The standard InChI is InChI=1S/C13H12N8O3S2/c1-8(6-20-18-12(17-19-20)21(23)24)15-16-11(22)7-25-13-14-9-4-2-3-5-10(9)26-13/h2-5H,6-7H2,1H3,(H,16,22)/b15-8+. The van der Waals surface area contributed by atoms with E-state index in [1.165, 1.54) is 23.1 Å². The van der Waals surface area contributed by atoms with Crippen molar-refractivity contribution in [2.24, 2.45) is 5.10 Å². The summed E-state index contributed by atoms with van der Waals surface area (Å²) in [7, 11) is 0. The van der Waals surface area contributed by atoms with E-state index >= 15 is 0 Å². The molecule has 0 aliphatic carbocycles. The van der Waals surface area contributed by atoms with Gasteiger partial charge in [0.25, 0.3) is 5.91 Å². The Morgan fingerprint density at radius 3 is 3.00 bits per heavy atom. The number of para-hydroxylation sites is 1. The second kappa shape index (κ2) is 7.97. The number of nitrogens with one attached hydrogen (secondary N) is 1. The Hall–Kier alpha value is -2.93. The number of tetrazole rings is 1. The number of nitro groups is 1. The molecule has 0 spiro atoms. The van der Waals surface area contributed by atoms with Crippen LogP contribution in [0, 0.1) is 10.1 Å². The van der Waals surface area contributed by atoms with Crippen LogP contribution in [-0.4, -0.2) is 47.5 Å². The lowest BCUT2D eigenvalue weighted by Gasteiger charge is -2.00. The molecule has 0 radical (unpaired) electrons. The van der Waals surface area contributed by atoms with Crippen LogP contribution in [0.5, 0.6) is 0 Å². The number of nitrogens with zero attached hydrogens (tertiary/aromatic N) is 7. The van der Waals surface area contributed by atoms with Crippen LogP contribution >= 0.6 is 23.1 Å².